The van der Waals surface area contributed by atoms with Gasteiger partial charge in [0.1, 0.15) is 5.75 Å². The van der Waals surface area contributed by atoms with Crippen LogP contribution in [0, 0.1) is 0 Å². The van der Waals surface area contributed by atoms with E-state index in [0.717, 1.165) is 11.3 Å². The maximum atomic E-state index is 11.2. The van der Waals surface area contributed by atoms with Gasteiger partial charge < -0.3 is 9.47 Å². The summed E-state index contributed by atoms with van der Waals surface area (Å²) in [6.45, 7) is 6.25. The van der Waals surface area contributed by atoms with Crippen LogP contribution in [0.25, 0.3) is 0 Å². The van der Waals surface area contributed by atoms with Gasteiger partial charge in [0.05, 0.1) is 12.7 Å². The number of hydrogen-bond acceptors (Lipinski definition) is 3. The molecule has 1 aromatic carbocycles. The molecule has 3 heteroatoms. The normalized spacial score (nSPS) is 10.4. The predicted octanol–water partition coefficient (Wildman–Crippen LogP) is 2.97. The Morgan fingerprint density at radius 3 is 2.41 bits per heavy atom. The maximum Gasteiger partial charge on any atom is 0.306 e. The fourth-order valence-electron chi connectivity index (χ4n) is 1.49. The van der Waals surface area contributed by atoms with Crippen LogP contribution >= 0.6 is 0 Å². The standard InChI is InChI=1S/C14H20O3/c1-4-16-14(15)10-7-12-5-8-13(9-6-12)17-11(2)3/h5-6,8-9,11H,4,7,10H2,1-3H3. The summed E-state index contributed by atoms with van der Waals surface area (Å²) in [5.74, 6) is 0.717. The molecule has 0 saturated heterocycles. The molecule has 1 rings (SSSR count). The predicted molar refractivity (Wildman–Crippen MR) is 67.2 cm³/mol. The van der Waals surface area contributed by atoms with Crippen molar-refractivity contribution in [1.29, 1.82) is 0 Å². The number of carbonyl (C=O) groups excluding carboxylic acids is 1. The summed E-state index contributed by atoms with van der Waals surface area (Å²) in [4.78, 5) is 11.2. The van der Waals surface area contributed by atoms with E-state index in [-0.39, 0.29) is 12.1 Å². The Bertz CT molecular complexity index is 341. The molecule has 0 aliphatic carbocycles. The molecule has 0 spiro atoms. The highest BCUT2D eigenvalue weighted by molar-refractivity contribution is 5.69. The summed E-state index contributed by atoms with van der Waals surface area (Å²) in [5.41, 5.74) is 1.12. The Kier molecular flexibility index (Phi) is 5.53. The van der Waals surface area contributed by atoms with Crippen LogP contribution in [0.2, 0.25) is 0 Å². The molecule has 94 valence electrons. The van der Waals surface area contributed by atoms with Crippen LogP contribution in [0.3, 0.4) is 0 Å². The quantitative estimate of drug-likeness (QED) is 0.712. The number of benzene rings is 1. The Morgan fingerprint density at radius 1 is 1.24 bits per heavy atom. The van der Waals surface area contributed by atoms with Gasteiger partial charge in [0.2, 0.25) is 0 Å². The van der Waals surface area contributed by atoms with E-state index in [1.807, 2.05) is 45.0 Å². The summed E-state index contributed by atoms with van der Waals surface area (Å²) >= 11 is 0. The van der Waals surface area contributed by atoms with Crippen molar-refractivity contribution in [2.24, 2.45) is 0 Å². The van der Waals surface area contributed by atoms with Crippen LogP contribution in [-0.4, -0.2) is 18.7 Å². The lowest BCUT2D eigenvalue weighted by atomic mass is 10.1. The molecule has 0 heterocycles. The third kappa shape index (κ3) is 5.38. The molecule has 0 aliphatic rings. The van der Waals surface area contributed by atoms with Crippen molar-refractivity contribution in [2.45, 2.75) is 39.7 Å². The first-order valence-corrected chi connectivity index (χ1v) is 6.03. The Balaban J connectivity index is 2.42. The van der Waals surface area contributed by atoms with Gasteiger partial charge in [-0.25, -0.2) is 0 Å². The van der Waals surface area contributed by atoms with E-state index in [1.54, 1.807) is 0 Å². The smallest absolute Gasteiger partial charge is 0.306 e. The average molecular weight is 236 g/mol. The van der Waals surface area contributed by atoms with E-state index in [4.69, 9.17) is 9.47 Å². The van der Waals surface area contributed by atoms with Crippen LogP contribution in [0.5, 0.6) is 5.75 Å². The lowest BCUT2D eigenvalue weighted by Gasteiger charge is -2.09. The minimum atomic E-state index is -0.144. The maximum absolute atomic E-state index is 11.2. The molecule has 0 radical (unpaired) electrons. The number of ether oxygens (including phenoxy) is 2. The second kappa shape index (κ2) is 6.94. The van der Waals surface area contributed by atoms with Crippen molar-refractivity contribution in [3.05, 3.63) is 29.8 Å². The number of hydrogen-bond donors (Lipinski definition) is 0. The monoisotopic (exact) mass is 236 g/mol. The molecule has 0 amide bonds. The van der Waals surface area contributed by atoms with Gasteiger partial charge in [-0.2, -0.15) is 0 Å². The molecule has 0 N–H and O–H groups in total. The molecule has 3 nitrogen and oxygen atoms in total. The van der Waals surface area contributed by atoms with Gasteiger partial charge >= 0.3 is 5.97 Å². The molecule has 0 aliphatic heterocycles. The zero-order valence-electron chi connectivity index (χ0n) is 10.7. The van der Waals surface area contributed by atoms with E-state index < -0.39 is 0 Å². The summed E-state index contributed by atoms with van der Waals surface area (Å²) < 4.78 is 10.4. The van der Waals surface area contributed by atoms with Crippen LogP contribution in [-0.2, 0) is 16.0 Å². The van der Waals surface area contributed by atoms with Gasteiger partial charge in [0, 0.05) is 6.42 Å². The first-order chi connectivity index (χ1) is 8.11. The van der Waals surface area contributed by atoms with E-state index in [2.05, 4.69) is 0 Å². The third-order valence-electron chi connectivity index (χ3n) is 2.22. The second-order valence-electron chi connectivity index (χ2n) is 4.12. The molecule has 0 unspecified atom stereocenters. The zero-order chi connectivity index (χ0) is 12.7. The van der Waals surface area contributed by atoms with Crippen molar-refractivity contribution >= 4 is 5.97 Å². The van der Waals surface area contributed by atoms with E-state index >= 15 is 0 Å². The molecule has 0 bridgehead atoms. The lowest BCUT2D eigenvalue weighted by molar-refractivity contribution is -0.143. The molecule has 0 atom stereocenters. The summed E-state index contributed by atoms with van der Waals surface area (Å²) in [7, 11) is 0. The van der Waals surface area contributed by atoms with Crippen molar-refractivity contribution in [3.63, 3.8) is 0 Å². The van der Waals surface area contributed by atoms with Gasteiger partial charge in [0.25, 0.3) is 0 Å². The Morgan fingerprint density at radius 2 is 1.88 bits per heavy atom. The zero-order valence-corrected chi connectivity index (χ0v) is 10.7. The number of rotatable bonds is 6. The SMILES string of the molecule is CCOC(=O)CCc1ccc(OC(C)C)cc1. The van der Waals surface area contributed by atoms with Crippen LogP contribution in [0.1, 0.15) is 32.8 Å². The average Bonchev–Trinajstić information content (AvgIpc) is 2.28. The topological polar surface area (TPSA) is 35.5 Å². The van der Waals surface area contributed by atoms with Gasteiger partial charge in [-0.15, -0.1) is 0 Å². The van der Waals surface area contributed by atoms with Gasteiger partial charge in [-0.1, -0.05) is 12.1 Å². The summed E-state index contributed by atoms with van der Waals surface area (Å²) in [5, 5.41) is 0. The van der Waals surface area contributed by atoms with Crippen LogP contribution in [0.4, 0.5) is 0 Å². The number of carbonyl (C=O) groups is 1. The Hall–Kier alpha value is -1.51. The number of esters is 1. The highest BCUT2D eigenvalue weighted by Gasteiger charge is 2.03. The minimum absolute atomic E-state index is 0.144. The highest BCUT2D eigenvalue weighted by Crippen LogP contribution is 2.14. The largest absolute Gasteiger partial charge is 0.491 e. The van der Waals surface area contributed by atoms with Gasteiger partial charge in [-0.05, 0) is 44.9 Å². The third-order valence-corrected chi connectivity index (χ3v) is 2.22. The fraction of sp³-hybridized carbons (Fsp3) is 0.500. The van der Waals surface area contributed by atoms with E-state index in [9.17, 15) is 4.79 Å². The van der Waals surface area contributed by atoms with Crippen molar-refractivity contribution in [2.75, 3.05) is 6.61 Å². The van der Waals surface area contributed by atoms with E-state index in [1.165, 1.54) is 0 Å². The van der Waals surface area contributed by atoms with Crippen molar-refractivity contribution in [3.8, 4) is 5.75 Å². The molecule has 1 aromatic rings. The summed E-state index contributed by atoms with van der Waals surface area (Å²) in [6.07, 6.45) is 1.32. The Labute approximate surface area is 103 Å². The highest BCUT2D eigenvalue weighted by atomic mass is 16.5. The minimum Gasteiger partial charge on any atom is -0.491 e. The van der Waals surface area contributed by atoms with Crippen LogP contribution in [0.15, 0.2) is 24.3 Å². The molecular weight excluding hydrogens is 216 g/mol. The summed E-state index contributed by atoms with van der Waals surface area (Å²) in [6, 6.07) is 7.83. The van der Waals surface area contributed by atoms with Crippen molar-refractivity contribution < 1.29 is 14.3 Å². The fourth-order valence-corrected chi connectivity index (χ4v) is 1.49. The lowest BCUT2D eigenvalue weighted by Crippen LogP contribution is -2.06. The number of aryl methyl sites for hydroxylation is 1. The van der Waals surface area contributed by atoms with Crippen molar-refractivity contribution in [1.82, 2.24) is 0 Å². The first kappa shape index (κ1) is 13.6. The van der Waals surface area contributed by atoms with Gasteiger partial charge in [0.15, 0.2) is 0 Å². The second-order valence-corrected chi connectivity index (χ2v) is 4.12. The molecule has 17 heavy (non-hydrogen) atoms. The first-order valence-electron chi connectivity index (χ1n) is 6.03. The van der Waals surface area contributed by atoms with Gasteiger partial charge in [-0.3, -0.25) is 4.79 Å². The molecule has 0 saturated carbocycles. The van der Waals surface area contributed by atoms with Crippen LogP contribution < -0.4 is 4.74 Å². The van der Waals surface area contributed by atoms with E-state index in [0.29, 0.717) is 19.4 Å². The molecule has 0 fully saturated rings. The molecular formula is C14H20O3. The molecule has 0 aromatic heterocycles.